The van der Waals surface area contributed by atoms with Gasteiger partial charge in [-0.3, -0.25) is 0 Å². The van der Waals surface area contributed by atoms with Crippen LogP contribution in [0.3, 0.4) is 0 Å². The molecule has 0 saturated heterocycles. The Balaban J connectivity index is 2.03. The highest BCUT2D eigenvalue weighted by Gasteiger charge is 2.15. The predicted molar refractivity (Wildman–Crippen MR) is 96.8 cm³/mol. The van der Waals surface area contributed by atoms with E-state index < -0.39 is 0 Å². The first-order valence-corrected chi connectivity index (χ1v) is 8.21. The first-order chi connectivity index (χ1) is 11.4. The van der Waals surface area contributed by atoms with E-state index >= 15 is 0 Å². The summed E-state index contributed by atoms with van der Waals surface area (Å²) < 4.78 is 11.3. The van der Waals surface area contributed by atoms with Crippen LogP contribution in [-0.4, -0.2) is 24.4 Å². The zero-order valence-electron chi connectivity index (χ0n) is 14.3. The van der Waals surface area contributed by atoms with Crippen molar-refractivity contribution in [3.63, 3.8) is 0 Å². The Kier molecular flexibility index (Phi) is 6.49. The number of aliphatic hydroxyl groups excluding tert-OH is 1. The van der Waals surface area contributed by atoms with Crippen molar-refractivity contribution in [2.24, 2.45) is 0 Å². The van der Waals surface area contributed by atoms with Crippen LogP contribution in [0.2, 0.25) is 5.02 Å². The molecule has 0 spiro atoms. The summed E-state index contributed by atoms with van der Waals surface area (Å²) in [6, 6.07) is 13.4. The number of hydrogen-bond donors (Lipinski definition) is 2. The van der Waals surface area contributed by atoms with Gasteiger partial charge in [-0.25, -0.2) is 0 Å². The Labute approximate surface area is 148 Å². The number of benzene rings is 2. The summed E-state index contributed by atoms with van der Waals surface area (Å²) in [7, 11) is 1.62. The average molecular weight is 350 g/mol. The molecule has 0 heterocycles. The normalized spacial score (nSPS) is 11.4. The van der Waals surface area contributed by atoms with Gasteiger partial charge in [0.1, 0.15) is 6.61 Å². The maximum absolute atomic E-state index is 9.30. The van der Waals surface area contributed by atoms with Crippen molar-refractivity contribution < 1.29 is 14.6 Å². The molecule has 2 N–H and O–H groups in total. The quantitative estimate of drug-likeness (QED) is 0.761. The number of ether oxygens (including phenoxy) is 2. The molecule has 0 bridgehead atoms. The van der Waals surface area contributed by atoms with Crippen LogP contribution >= 0.6 is 11.6 Å². The van der Waals surface area contributed by atoms with Gasteiger partial charge in [-0.2, -0.15) is 0 Å². The number of methoxy groups -OCH3 is 1. The molecule has 0 atom stereocenters. The van der Waals surface area contributed by atoms with E-state index in [1.54, 1.807) is 7.11 Å². The molecule has 2 aromatic rings. The molecule has 0 radical (unpaired) electrons. The Bertz CT molecular complexity index is 673. The van der Waals surface area contributed by atoms with Gasteiger partial charge in [0.2, 0.25) is 0 Å². The minimum Gasteiger partial charge on any atom is -0.493 e. The minimum absolute atomic E-state index is 0.0744. The standard InChI is InChI=1S/C19H24ClNO3/c1-19(2,13-22)21-11-14-7-8-17(18(10-14)23-3)24-12-15-5-4-6-16(20)9-15/h4-10,21-22H,11-13H2,1-3H3. The third-order valence-electron chi connectivity index (χ3n) is 3.68. The summed E-state index contributed by atoms with van der Waals surface area (Å²) in [5.41, 5.74) is 1.73. The molecular formula is C19H24ClNO3. The number of halogens is 1. The van der Waals surface area contributed by atoms with E-state index in [0.29, 0.717) is 29.7 Å². The zero-order chi connectivity index (χ0) is 17.6. The molecule has 0 fully saturated rings. The molecule has 0 aliphatic carbocycles. The summed E-state index contributed by atoms with van der Waals surface area (Å²) in [6.45, 7) is 5.04. The van der Waals surface area contributed by atoms with Gasteiger partial charge in [-0.1, -0.05) is 29.8 Å². The van der Waals surface area contributed by atoms with E-state index in [0.717, 1.165) is 11.1 Å². The van der Waals surface area contributed by atoms with Crippen LogP contribution in [0.5, 0.6) is 11.5 Å². The van der Waals surface area contributed by atoms with E-state index in [-0.39, 0.29) is 12.1 Å². The molecule has 0 aromatic heterocycles. The summed E-state index contributed by atoms with van der Waals surface area (Å²) in [4.78, 5) is 0. The van der Waals surface area contributed by atoms with E-state index in [4.69, 9.17) is 21.1 Å². The average Bonchev–Trinajstić information content (AvgIpc) is 2.58. The summed E-state index contributed by atoms with van der Waals surface area (Å²) >= 11 is 5.98. The molecule has 2 aromatic carbocycles. The second-order valence-electron chi connectivity index (χ2n) is 6.30. The molecule has 130 valence electrons. The second-order valence-corrected chi connectivity index (χ2v) is 6.74. The lowest BCUT2D eigenvalue weighted by Gasteiger charge is -2.23. The molecule has 5 heteroatoms. The van der Waals surface area contributed by atoms with Crippen LogP contribution in [-0.2, 0) is 13.2 Å². The molecule has 0 aliphatic rings. The lowest BCUT2D eigenvalue weighted by Crippen LogP contribution is -2.42. The number of rotatable bonds is 8. The van der Waals surface area contributed by atoms with Gasteiger partial charge in [-0.05, 0) is 49.2 Å². The van der Waals surface area contributed by atoms with Gasteiger partial charge in [0, 0.05) is 17.1 Å². The fraction of sp³-hybridized carbons (Fsp3) is 0.368. The van der Waals surface area contributed by atoms with E-state index in [9.17, 15) is 5.11 Å². The molecule has 0 unspecified atom stereocenters. The van der Waals surface area contributed by atoms with Gasteiger partial charge in [0.25, 0.3) is 0 Å². The van der Waals surface area contributed by atoms with Gasteiger partial charge in [0.05, 0.1) is 13.7 Å². The van der Waals surface area contributed by atoms with Crippen LogP contribution in [0.15, 0.2) is 42.5 Å². The summed E-state index contributed by atoms with van der Waals surface area (Å²) in [5.74, 6) is 1.36. The van der Waals surface area contributed by atoms with Crippen LogP contribution in [0.25, 0.3) is 0 Å². The summed E-state index contributed by atoms with van der Waals surface area (Å²) in [5, 5.41) is 13.3. The highest BCUT2D eigenvalue weighted by Crippen LogP contribution is 2.29. The lowest BCUT2D eigenvalue weighted by atomic mass is 10.1. The SMILES string of the molecule is COc1cc(CNC(C)(C)CO)ccc1OCc1cccc(Cl)c1. The van der Waals surface area contributed by atoms with E-state index in [1.165, 1.54) is 0 Å². The van der Waals surface area contributed by atoms with Crippen LogP contribution in [0, 0.1) is 0 Å². The third kappa shape index (κ3) is 5.41. The van der Waals surface area contributed by atoms with Crippen molar-refractivity contribution >= 4 is 11.6 Å². The fourth-order valence-corrected chi connectivity index (χ4v) is 2.34. The zero-order valence-corrected chi connectivity index (χ0v) is 15.1. The van der Waals surface area contributed by atoms with Crippen LogP contribution in [0.1, 0.15) is 25.0 Å². The first-order valence-electron chi connectivity index (χ1n) is 7.83. The molecule has 4 nitrogen and oxygen atoms in total. The van der Waals surface area contributed by atoms with Gasteiger partial charge in [-0.15, -0.1) is 0 Å². The first kappa shape index (κ1) is 18.6. The third-order valence-corrected chi connectivity index (χ3v) is 3.91. The van der Waals surface area contributed by atoms with Crippen molar-refractivity contribution in [1.82, 2.24) is 5.32 Å². The van der Waals surface area contributed by atoms with Gasteiger partial charge >= 0.3 is 0 Å². The Morgan fingerprint density at radius 2 is 1.88 bits per heavy atom. The van der Waals surface area contributed by atoms with Crippen molar-refractivity contribution in [3.05, 3.63) is 58.6 Å². The van der Waals surface area contributed by atoms with Crippen molar-refractivity contribution in [3.8, 4) is 11.5 Å². The Hall–Kier alpha value is -1.75. The molecule has 0 saturated carbocycles. The van der Waals surface area contributed by atoms with Crippen molar-refractivity contribution in [2.45, 2.75) is 32.5 Å². The second kappa shape index (κ2) is 8.38. The van der Waals surface area contributed by atoms with E-state index in [1.807, 2.05) is 56.3 Å². The number of aliphatic hydroxyl groups is 1. The number of nitrogens with one attached hydrogen (secondary N) is 1. The maximum atomic E-state index is 9.30. The maximum Gasteiger partial charge on any atom is 0.161 e. The van der Waals surface area contributed by atoms with Crippen LogP contribution < -0.4 is 14.8 Å². The van der Waals surface area contributed by atoms with Crippen molar-refractivity contribution in [2.75, 3.05) is 13.7 Å². The van der Waals surface area contributed by atoms with E-state index in [2.05, 4.69) is 5.32 Å². The largest absolute Gasteiger partial charge is 0.493 e. The topological polar surface area (TPSA) is 50.7 Å². The lowest BCUT2D eigenvalue weighted by molar-refractivity contribution is 0.187. The summed E-state index contributed by atoms with van der Waals surface area (Å²) in [6.07, 6.45) is 0. The Morgan fingerprint density at radius 3 is 2.54 bits per heavy atom. The van der Waals surface area contributed by atoms with Crippen LogP contribution in [0.4, 0.5) is 0 Å². The fourth-order valence-electron chi connectivity index (χ4n) is 2.13. The molecular weight excluding hydrogens is 326 g/mol. The molecule has 0 aliphatic heterocycles. The smallest absolute Gasteiger partial charge is 0.161 e. The molecule has 0 amide bonds. The monoisotopic (exact) mass is 349 g/mol. The molecule has 24 heavy (non-hydrogen) atoms. The predicted octanol–water partition coefficient (Wildman–Crippen LogP) is 3.79. The van der Waals surface area contributed by atoms with Crippen molar-refractivity contribution in [1.29, 1.82) is 0 Å². The Morgan fingerprint density at radius 1 is 1.08 bits per heavy atom. The van der Waals surface area contributed by atoms with Gasteiger partial charge in [0.15, 0.2) is 11.5 Å². The highest BCUT2D eigenvalue weighted by molar-refractivity contribution is 6.30. The highest BCUT2D eigenvalue weighted by atomic mass is 35.5. The van der Waals surface area contributed by atoms with Gasteiger partial charge < -0.3 is 19.9 Å². The number of hydrogen-bond acceptors (Lipinski definition) is 4. The minimum atomic E-state index is -0.324. The molecule has 2 rings (SSSR count).